The third-order valence-electron chi connectivity index (χ3n) is 5.75. The minimum Gasteiger partial charge on any atom is -0.348 e. The van der Waals surface area contributed by atoms with E-state index in [2.05, 4.69) is 12.2 Å². The van der Waals surface area contributed by atoms with Gasteiger partial charge in [-0.15, -0.1) is 0 Å². The normalized spacial score (nSPS) is 25.3. The van der Waals surface area contributed by atoms with Crippen molar-refractivity contribution in [3.8, 4) is 0 Å². The second kappa shape index (κ2) is 8.90. The predicted molar refractivity (Wildman–Crippen MR) is 105 cm³/mol. The summed E-state index contributed by atoms with van der Waals surface area (Å²) >= 11 is 6.07. The Balaban J connectivity index is 1.51. The molecule has 6 nitrogen and oxygen atoms in total. The van der Waals surface area contributed by atoms with Crippen molar-refractivity contribution in [1.29, 1.82) is 0 Å². The van der Waals surface area contributed by atoms with Crippen LogP contribution in [-0.2, 0) is 14.8 Å². The molecule has 1 aliphatic heterocycles. The minimum atomic E-state index is -3.59. The molecule has 0 unspecified atom stereocenters. The molecule has 8 heteroatoms. The summed E-state index contributed by atoms with van der Waals surface area (Å²) < 4.78 is 27.0. The van der Waals surface area contributed by atoms with Crippen LogP contribution in [-0.4, -0.2) is 57.4 Å². The summed E-state index contributed by atoms with van der Waals surface area (Å²) in [6, 6.07) is 6.81. The molecular weight excluding hydrogens is 386 g/mol. The average Bonchev–Trinajstić information content (AvgIpc) is 2.64. The highest BCUT2D eigenvalue weighted by Gasteiger charge is 2.32. The van der Waals surface area contributed by atoms with E-state index in [-0.39, 0.29) is 21.9 Å². The number of halogens is 1. The Morgan fingerprint density at radius 2 is 1.89 bits per heavy atom. The smallest absolute Gasteiger partial charge is 0.275 e. The summed E-state index contributed by atoms with van der Waals surface area (Å²) in [6.07, 6.45) is 4.67. The maximum atomic E-state index is 12.8. The van der Waals surface area contributed by atoms with Crippen molar-refractivity contribution in [2.45, 2.75) is 43.5 Å². The van der Waals surface area contributed by atoms with Crippen molar-refractivity contribution in [1.82, 2.24) is 9.62 Å². The number of nitrogens with one attached hydrogen (secondary N) is 2. The van der Waals surface area contributed by atoms with Crippen LogP contribution >= 0.6 is 11.6 Å². The molecule has 2 atom stereocenters. The van der Waals surface area contributed by atoms with Gasteiger partial charge >= 0.3 is 0 Å². The van der Waals surface area contributed by atoms with E-state index in [0.717, 1.165) is 11.3 Å². The molecule has 1 saturated heterocycles. The lowest BCUT2D eigenvalue weighted by atomic mass is 9.86. The number of piperazine rings is 1. The summed E-state index contributed by atoms with van der Waals surface area (Å²) in [6.45, 7) is 4.65. The molecule has 0 radical (unpaired) electrons. The first-order valence-corrected chi connectivity index (χ1v) is 11.6. The lowest BCUT2D eigenvalue weighted by molar-refractivity contribution is -0.895. The van der Waals surface area contributed by atoms with Crippen molar-refractivity contribution in [2.24, 2.45) is 5.92 Å². The number of sulfonamides is 1. The van der Waals surface area contributed by atoms with E-state index in [9.17, 15) is 13.2 Å². The van der Waals surface area contributed by atoms with E-state index in [0.29, 0.717) is 38.6 Å². The first kappa shape index (κ1) is 20.6. The van der Waals surface area contributed by atoms with Gasteiger partial charge in [-0.3, -0.25) is 4.79 Å². The number of benzene rings is 1. The molecule has 2 aliphatic rings. The van der Waals surface area contributed by atoms with E-state index in [1.54, 1.807) is 18.2 Å². The molecule has 0 aromatic heterocycles. The van der Waals surface area contributed by atoms with Gasteiger partial charge in [-0.2, -0.15) is 4.31 Å². The molecule has 27 heavy (non-hydrogen) atoms. The zero-order valence-electron chi connectivity index (χ0n) is 15.8. The van der Waals surface area contributed by atoms with Gasteiger partial charge in [0.1, 0.15) is 4.90 Å². The van der Waals surface area contributed by atoms with Gasteiger partial charge in [0.25, 0.3) is 5.91 Å². The fraction of sp³-hybridized carbons (Fsp3) is 0.632. The standard InChI is InChI=1S/C19H28ClN3O3S/c1-15-6-2-4-8-17(15)21-19(24)14-22-10-12-23(13-11-22)27(25,26)18-9-5-3-7-16(18)20/h3,5,7,9,15,17H,2,4,6,8,10-14H2,1H3,(H,21,24)/p+1/t15-,17+/m0/s1. The molecule has 3 rings (SSSR count). The number of nitrogens with zero attached hydrogens (tertiary/aromatic N) is 1. The number of amides is 1. The number of hydrogen-bond acceptors (Lipinski definition) is 3. The Labute approximate surface area is 166 Å². The monoisotopic (exact) mass is 414 g/mol. The van der Waals surface area contributed by atoms with Gasteiger partial charge in [0.05, 0.1) is 31.2 Å². The van der Waals surface area contributed by atoms with Crippen LogP contribution in [0.5, 0.6) is 0 Å². The van der Waals surface area contributed by atoms with Crippen LogP contribution in [0.3, 0.4) is 0 Å². The number of carbonyl (C=O) groups excluding carboxylic acids is 1. The quantitative estimate of drug-likeness (QED) is 0.752. The Morgan fingerprint density at radius 3 is 2.56 bits per heavy atom. The molecule has 2 N–H and O–H groups in total. The second-order valence-electron chi connectivity index (χ2n) is 7.70. The summed E-state index contributed by atoms with van der Waals surface area (Å²) in [7, 11) is -3.59. The third kappa shape index (κ3) is 5.02. The highest BCUT2D eigenvalue weighted by Crippen LogP contribution is 2.24. The summed E-state index contributed by atoms with van der Waals surface area (Å²) in [5.41, 5.74) is 0. The van der Waals surface area contributed by atoms with Crippen LogP contribution in [0.15, 0.2) is 29.2 Å². The highest BCUT2D eigenvalue weighted by atomic mass is 35.5. The van der Waals surface area contributed by atoms with Gasteiger partial charge in [-0.25, -0.2) is 8.42 Å². The molecule has 1 saturated carbocycles. The Kier molecular flexibility index (Phi) is 6.78. The molecule has 1 amide bonds. The number of hydrogen-bond donors (Lipinski definition) is 2. The highest BCUT2D eigenvalue weighted by molar-refractivity contribution is 7.89. The van der Waals surface area contributed by atoms with Gasteiger partial charge in [-0.05, 0) is 30.9 Å². The summed E-state index contributed by atoms with van der Waals surface area (Å²) in [4.78, 5) is 13.7. The Hall–Kier alpha value is -1.15. The van der Waals surface area contributed by atoms with Crippen molar-refractivity contribution in [2.75, 3.05) is 32.7 Å². The lowest BCUT2D eigenvalue weighted by Gasteiger charge is -2.33. The number of rotatable bonds is 5. The van der Waals surface area contributed by atoms with Crippen LogP contribution in [0, 0.1) is 5.92 Å². The maximum absolute atomic E-state index is 12.8. The molecule has 0 spiro atoms. The molecule has 1 heterocycles. The van der Waals surface area contributed by atoms with Gasteiger partial charge in [0, 0.05) is 6.04 Å². The van der Waals surface area contributed by atoms with Gasteiger partial charge in [0.15, 0.2) is 6.54 Å². The fourth-order valence-corrected chi connectivity index (χ4v) is 5.96. The van der Waals surface area contributed by atoms with E-state index in [1.807, 2.05) is 0 Å². The summed E-state index contributed by atoms with van der Waals surface area (Å²) in [5.74, 6) is 0.612. The van der Waals surface area contributed by atoms with Crippen LogP contribution in [0.2, 0.25) is 5.02 Å². The molecule has 0 bridgehead atoms. The van der Waals surface area contributed by atoms with Gasteiger partial charge in [0.2, 0.25) is 10.0 Å². The molecule has 1 aliphatic carbocycles. The SMILES string of the molecule is C[C@H]1CCCC[C@H]1NC(=O)C[NH+]1CCN(S(=O)(=O)c2ccccc2Cl)CC1. The van der Waals surface area contributed by atoms with Crippen LogP contribution < -0.4 is 10.2 Å². The van der Waals surface area contributed by atoms with Crippen LogP contribution in [0.25, 0.3) is 0 Å². The summed E-state index contributed by atoms with van der Waals surface area (Å²) in [5, 5.41) is 3.43. The Bertz CT molecular complexity index is 763. The van der Waals surface area contributed by atoms with E-state index in [4.69, 9.17) is 11.6 Å². The van der Waals surface area contributed by atoms with Gasteiger partial charge < -0.3 is 10.2 Å². The topological polar surface area (TPSA) is 70.9 Å². The van der Waals surface area contributed by atoms with Crippen molar-refractivity contribution < 1.29 is 18.1 Å². The first-order chi connectivity index (χ1) is 12.9. The number of quaternary nitrogens is 1. The van der Waals surface area contributed by atoms with Crippen molar-refractivity contribution in [3.63, 3.8) is 0 Å². The number of carbonyl (C=O) groups is 1. The van der Waals surface area contributed by atoms with Crippen molar-refractivity contribution in [3.05, 3.63) is 29.3 Å². The zero-order chi connectivity index (χ0) is 19.4. The van der Waals surface area contributed by atoms with E-state index >= 15 is 0 Å². The van der Waals surface area contributed by atoms with E-state index < -0.39 is 10.0 Å². The minimum absolute atomic E-state index is 0.0751. The largest absolute Gasteiger partial charge is 0.348 e. The fourth-order valence-electron chi connectivity index (χ4n) is 4.03. The third-order valence-corrected chi connectivity index (χ3v) is 8.15. The first-order valence-electron chi connectivity index (χ1n) is 9.75. The van der Waals surface area contributed by atoms with Crippen LogP contribution in [0.4, 0.5) is 0 Å². The molecule has 1 aromatic carbocycles. The molecular formula is C19H29ClN3O3S+. The maximum Gasteiger partial charge on any atom is 0.275 e. The van der Waals surface area contributed by atoms with E-state index in [1.165, 1.54) is 29.6 Å². The lowest BCUT2D eigenvalue weighted by Crippen LogP contribution is -3.15. The van der Waals surface area contributed by atoms with Gasteiger partial charge in [-0.1, -0.05) is 43.5 Å². The Morgan fingerprint density at radius 1 is 1.22 bits per heavy atom. The second-order valence-corrected chi connectivity index (χ2v) is 10.0. The molecule has 150 valence electrons. The molecule has 1 aromatic rings. The van der Waals surface area contributed by atoms with Crippen LogP contribution in [0.1, 0.15) is 32.6 Å². The molecule has 2 fully saturated rings. The van der Waals surface area contributed by atoms with Crippen molar-refractivity contribution >= 4 is 27.5 Å². The zero-order valence-corrected chi connectivity index (χ0v) is 17.4. The average molecular weight is 415 g/mol. The predicted octanol–water partition coefficient (Wildman–Crippen LogP) is 0.924.